The van der Waals surface area contributed by atoms with Crippen LogP contribution in [0.5, 0.6) is 0 Å². The van der Waals surface area contributed by atoms with E-state index in [1.165, 1.54) is 0 Å². The molecule has 1 aliphatic heterocycles. The van der Waals surface area contributed by atoms with Crippen molar-refractivity contribution in [2.75, 3.05) is 0 Å². The summed E-state index contributed by atoms with van der Waals surface area (Å²) in [5, 5.41) is 0. The molecule has 0 atom stereocenters. The van der Waals surface area contributed by atoms with Gasteiger partial charge >= 0.3 is 5.96 Å². The number of hydrogen-bond acceptors (Lipinski definition) is 3. The first-order valence-electron chi connectivity index (χ1n) is 3.64. The van der Waals surface area contributed by atoms with Crippen molar-refractivity contribution in [3.8, 4) is 0 Å². The average molecular weight is 162 g/mol. The van der Waals surface area contributed by atoms with Crippen molar-refractivity contribution < 1.29 is 4.76 Å². The number of nitrogens with zero attached hydrogens (tertiary/aromatic N) is 2. The van der Waals surface area contributed by atoms with E-state index >= 15 is 0 Å². The summed E-state index contributed by atoms with van der Waals surface area (Å²) >= 11 is 0. The largest absolute Gasteiger partial charge is 0.426 e. The molecule has 12 heavy (non-hydrogen) atoms. The van der Waals surface area contributed by atoms with Crippen LogP contribution in [0.3, 0.4) is 0 Å². The van der Waals surface area contributed by atoms with Gasteiger partial charge in [-0.2, -0.15) is 0 Å². The van der Waals surface area contributed by atoms with Crippen LogP contribution in [0, 0.1) is 4.91 Å². The molecule has 0 aromatic heterocycles. The molecule has 1 aliphatic rings. The molecule has 0 fully saturated rings. The van der Waals surface area contributed by atoms with E-state index in [1.807, 2.05) is 24.3 Å². The van der Waals surface area contributed by atoms with E-state index in [0.29, 0.717) is 11.3 Å². The van der Waals surface area contributed by atoms with Gasteiger partial charge in [0.15, 0.2) is 0 Å². The van der Waals surface area contributed by atoms with E-state index in [9.17, 15) is 4.91 Å². The Morgan fingerprint density at radius 1 is 1.42 bits per heavy atom. The second-order valence-corrected chi connectivity index (χ2v) is 2.64. The van der Waals surface area contributed by atoms with Crippen LogP contribution in [0.25, 0.3) is 0 Å². The molecule has 0 spiro atoms. The fourth-order valence-corrected chi connectivity index (χ4v) is 1.17. The van der Waals surface area contributed by atoms with E-state index in [1.54, 1.807) is 0 Å². The zero-order chi connectivity index (χ0) is 8.55. The minimum absolute atomic E-state index is 0.0358. The molecule has 0 bridgehead atoms. The first-order valence-corrected chi connectivity index (χ1v) is 3.64. The second kappa shape index (κ2) is 2.41. The van der Waals surface area contributed by atoms with Crippen LogP contribution in [0.2, 0.25) is 0 Å². The molecule has 2 N–H and O–H groups in total. The molecular formula is C8H8N3O+. The van der Waals surface area contributed by atoms with Crippen LogP contribution in [-0.4, -0.2) is 10.7 Å². The summed E-state index contributed by atoms with van der Waals surface area (Å²) in [4.78, 5) is 15.0. The third-order valence-electron chi connectivity index (χ3n) is 1.80. The molecule has 0 unspecified atom stereocenters. The Bertz CT molecular complexity index is 370. The van der Waals surface area contributed by atoms with Gasteiger partial charge in [0, 0.05) is 5.56 Å². The van der Waals surface area contributed by atoms with Crippen LogP contribution in [-0.2, 0) is 6.54 Å². The lowest BCUT2D eigenvalue weighted by Gasteiger charge is -2.04. The summed E-state index contributed by atoms with van der Waals surface area (Å²) in [5.41, 5.74) is 7.07. The smallest absolute Gasteiger partial charge is 0.285 e. The number of benzene rings is 1. The lowest BCUT2D eigenvalue weighted by molar-refractivity contribution is -0.452. The third-order valence-corrected chi connectivity index (χ3v) is 1.80. The standard InChI is InChI=1S/C8H8N3O/c9-8-10-7-4-2-1-3-6(7)5-11(8)12/h1-4H,5H2,(H2,9,10)/q+1. The first kappa shape index (κ1) is 6.97. The summed E-state index contributed by atoms with van der Waals surface area (Å²) in [5.74, 6) is 0.0358. The van der Waals surface area contributed by atoms with Crippen LogP contribution < -0.4 is 5.73 Å². The average Bonchev–Trinajstić information content (AvgIpc) is 2.07. The van der Waals surface area contributed by atoms with Gasteiger partial charge in [0.2, 0.25) is 0 Å². The fraction of sp³-hybridized carbons (Fsp3) is 0.125. The highest BCUT2D eigenvalue weighted by Crippen LogP contribution is 2.22. The van der Waals surface area contributed by atoms with Crippen molar-refractivity contribution in [1.29, 1.82) is 0 Å². The third kappa shape index (κ3) is 0.972. The lowest BCUT2D eigenvalue weighted by Crippen LogP contribution is -2.28. The molecule has 1 aromatic rings. The minimum atomic E-state index is 0.0358. The summed E-state index contributed by atoms with van der Waals surface area (Å²) in [6, 6.07) is 7.46. The van der Waals surface area contributed by atoms with Gasteiger partial charge in [0.1, 0.15) is 12.2 Å². The highest BCUT2D eigenvalue weighted by Gasteiger charge is 2.21. The Hall–Kier alpha value is -1.71. The van der Waals surface area contributed by atoms with Crippen molar-refractivity contribution in [1.82, 2.24) is 0 Å². The zero-order valence-corrected chi connectivity index (χ0v) is 6.40. The minimum Gasteiger partial charge on any atom is -0.285 e. The molecule has 1 aromatic carbocycles. The molecule has 0 amide bonds. The van der Waals surface area contributed by atoms with Crippen LogP contribution in [0.4, 0.5) is 5.69 Å². The van der Waals surface area contributed by atoms with E-state index in [2.05, 4.69) is 4.99 Å². The van der Waals surface area contributed by atoms with E-state index in [0.717, 1.165) is 11.3 Å². The SMILES string of the molecule is NC1=Nc2ccccc2C[N+]1=O. The van der Waals surface area contributed by atoms with Crippen molar-refractivity contribution in [3.05, 3.63) is 34.7 Å². The second-order valence-electron chi connectivity index (χ2n) is 2.64. The van der Waals surface area contributed by atoms with Crippen LogP contribution >= 0.6 is 0 Å². The Morgan fingerprint density at radius 3 is 3.00 bits per heavy atom. The molecule has 1 heterocycles. The number of rotatable bonds is 0. The number of hydrogen-bond donors (Lipinski definition) is 1. The monoisotopic (exact) mass is 162 g/mol. The Morgan fingerprint density at radius 2 is 2.17 bits per heavy atom. The topological polar surface area (TPSA) is 58.5 Å². The van der Waals surface area contributed by atoms with E-state index in [-0.39, 0.29) is 5.96 Å². The van der Waals surface area contributed by atoms with Crippen molar-refractivity contribution in [2.45, 2.75) is 6.54 Å². The number of para-hydroxylation sites is 1. The number of nitroso groups, excluding NO2 is 1. The maximum Gasteiger partial charge on any atom is 0.426 e. The molecular weight excluding hydrogens is 154 g/mol. The maximum absolute atomic E-state index is 11.0. The van der Waals surface area contributed by atoms with Gasteiger partial charge in [-0.05, 0) is 10.8 Å². The molecule has 2 rings (SSSR count). The Labute approximate surface area is 69.3 Å². The molecule has 0 aliphatic carbocycles. The van der Waals surface area contributed by atoms with Crippen LogP contribution in [0.1, 0.15) is 5.56 Å². The number of nitrogens with two attached hydrogens (primary N) is 1. The Balaban J connectivity index is 2.56. The molecule has 0 saturated heterocycles. The lowest BCUT2D eigenvalue weighted by atomic mass is 10.1. The van der Waals surface area contributed by atoms with Gasteiger partial charge in [-0.3, -0.25) is 5.73 Å². The van der Waals surface area contributed by atoms with E-state index in [4.69, 9.17) is 5.73 Å². The molecule has 0 saturated carbocycles. The maximum atomic E-state index is 11.0. The van der Waals surface area contributed by atoms with Crippen molar-refractivity contribution in [2.24, 2.45) is 10.7 Å². The number of guanidine groups is 1. The van der Waals surface area contributed by atoms with E-state index < -0.39 is 0 Å². The van der Waals surface area contributed by atoms with Gasteiger partial charge in [0.25, 0.3) is 0 Å². The predicted octanol–water partition coefficient (Wildman–Crippen LogP) is 0.925. The normalized spacial score (nSPS) is 15.3. The van der Waals surface area contributed by atoms with Crippen molar-refractivity contribution in [3.63, 3.8) is 0 Å². The van der Waals surface area contributed by atoms with Gasteiger partial charge < -0.3 is 0 Å². The molecule has 0 radical (unpaired) electrons. The highest BCUT2D eigenvalue weighted by molar-refractivity contribution is 5.75. The quantitative estimate of drug-likeness (QED) is 0.577. The number of fused-ring (bicyclic) bond motifs is 1. The summed E-state index contributed by atoms with van der Waals surface area (Å²) in [7, 11) is 0. The summed E-state index contributed by atoms with van der Waals surface area (Å²) < 4.78 is 0.683. The summed E-state index contributed by atoms with van der Waals surface area (Å²) in [6.07, 6.45) is 0. The first-order chi connectivity index (χ1) is 5.77. The van der Waals surface area contributed by atoms with Crippen molar-refractivity contribution >= 4 is 11.6 Å². The Kier molecular flexibility index (Phi) is 1.40. The molecule has 4 heteroatoms. The molecule has 4 nitrogen and oxygen atoms in total. The number of aliphatic imine (C=N–C) groups is 1. The van der Waals surface area contributed by atoms with Crippen LogP contribution in [0.15, 0.2) is 29.3 Å². The van der Waals surface area contributed by atoms with Gasteiger partial charge in [-0.25, -0.2) is 0 Å². The summed E-state index contributed by atoms with van der Waals surface area (Å²) in [6.45, 7) is 0.297. The predicted molar refractivity (Wildman–Crippen MR) is 45.1 cm³/mol. The highest BCUT2D eigenvalue weighted by atomic mass is 16.3. The van der Waals surface area contributed by atoms with Gasteiger partial charge in [-0.15, -0.1) is 0 Å². The van der Waals surface area contributed by atoms with Gasteiger partial charge in [0.05, 0.1) is 0 Å². The fourth-order valence-electron chi connectivity index (χ4n) is 1.17. The van der Waals surface area contributed by atoms with Gasteiger partial charge in [-0.1, -0.05) is 28.1 Å². The zero-order valence-electron chi connectivity index (χ0n) is 6.40. The molecule has 60 valence electrons.